The standard InChI is InChI=1S/C27H41N3O4/c1-2-3-4-5-6-7-8-9-10-11-12-13-14-15-16-17-26(31)33-22-23-18-19-25(34-23)30-21-20-24(28)29-27(30)32/h3-4,6-7,9-10,20-21,23,25H,2,5,8,11-19,22H2,1H3,(H2,28,29,32)/b4-3-,7-6-,10-9-. The Morgan fingerprint density at radius 1 is 1.09 bits per heavy atom. The van der Waals surface area contributed by atoms with Crippen molar-refractivity contribution in [3.05, 3.63) is 59.2 Å². The molecule has 1 fully saturated rings. The quantitative estimate of drug-likeness (QED) is 0.190. The smallest absolute Gasteiger partial charge is 0.351 e. The fourth-order valence-electron chi connectivity index (χ4n) is 3.81. The molecule has 188 valence electrons. The van der Waals surface area contributed by atoms with Gasteiger partial charge >= 0.3 is 11.7 Å². The van der Waals surface area contributed by atoms with Crippen LogP contribution in [0.5, 0.6) is 0 Å². The molecular formula is C27H41N3O4. The first kappa shape index (κ1) is 27.6. The minimum Gasteiger partial charge on any atom is -0.463 e. The molecule has 1 aromatic heterocycles. The van der Waals surface area contributed by atoms with Gasteiger partial charge in [-0.05, 0) is 57.4 Å². The Labute approximate surface area is 203 Å². The lowest BCUT2D eigenvalue weighted by molar-refractivity contribution is -0.148. The van der Waals surface area contributed by atoms with Crippen molar-refractivity contribution in [3.8, 4) is 0 Å². The molecule has 0 spiro atoms. The van der Waals surface area contributed by atoms with Gasteiger partial charge in [0.2, 0.25) is 0 Å². The van der Waals surface area contributed by atoms with Crippen molar-refractivity contribution >= 4 is 11.8 Å². The second-order valence-corrected chi connectivity index (χ2v) is 8.62. The molecule has 0 aromatic carbocycles. The van der Waals surface area contributed by atoms with E-state index < -0.39 is 5.69 Å². The number of esters is 1. The molecule has 0 bridgehead atoms. The van der Waals surface area contributed by atoms with E-state index in [0.29, 0.717) is 12.8 Å². The molecule has 34 heavy (non-hydrogen) atoms. The van der Waals surface area contributed by atoms with Gasteiger partial charge in [0.05, 0.1) is 6.10 Å². The number of ether oxygens (including phenoxy) is 2. The minimum atomic E-state index is -0.429. The van der Waals surface area contributed by atoms with Crippen molar-refractivity contribution in [2.45, 2.75) is 96.3 Å². The van der Waals surface area contributed by atoms with Crippen LogP contribution in [0.15, 0.2) is 53.5 Å². The number of nitrogens with zero attached hydrogens (tertiary/aromatic N) is 2. The number of rotatable bonds is 16. The van der Waals surface area contributed by atoms with Crippen LogP contribution >= 0.6 is 0 Å². The molecule has 0 radical (unpaired) electrons. The third-order valence-corrected chi connectivity index (χ3v) is 5.71. The Morgan fingerprint density at radius 3 is 2.56 bits per heavy atom. The maximum Gasteiger partial charge on any atom is 0.351 e. The van der Waals surface area contributed by atoms with Gasteiger partial charge in [0.1, 0.15) is 18.7 Å². The van der Waals surface area contributed by atoms with Gasteiger partial charge in [0.15, 0.2) is 0 Å². The summed E-state index contributed by atoms with van der Waals surface area (Å²) in [7, 11) is 0. The molecule has 0 amide bonds. The fourth-order valence-corrected chi connectivity index (χ4v) is 3.81. The van der Waals surface area contributed by atoms with Gasteiger partial charge in [-0.25, -0.2) is 4.79 Å². The van der Waals surface area contributed by atoms with Gasteiger partial charge in [-0.1, -0.05) is 62.6 Å². The van der Waals surface area contributed by atoms with Crippen LogP contribution in [-0.4, -0.2) is 28.2 Å². The van der Waals surface area contributed by atoms with E-state index >= 15 is 0 Å². The lowest BCUT2D eigenvalue weighted by Crippen LogP contribution is -2.28. The SMILES string of the molecule is CC/C=C\C/C=C\C/C=C\CCCCCCCC(=O)OCC1CCC(n2ccc(N)nc2=O)O1. The molecule has 2 heterocycles. The number of hydrogen-bond acceptors (Lipinski definition) is 6. The van der Waals surface area contributed by atoms with Crippen molar-refractivity contribution in [1.29, 1.82) is 0 Å². The van der Waals surface area contributed by atoms with E-state index in [1.54, 1.807) is 12.3 Å². The lowest BCUT2D eigenvalue weighted by Gasteiger charge is -2.15. The largest absolute Gasteiger partial charge is 0.463 e. The monoisotopic (exact) mass is 471 g/mol. The number of anilines is 1. The minimum absolute atomic E-state index is 0.181. The maximum atomic E-state index is 12.0. The van der Waals surface area contributed by atoms with Gasteiger partial charge in [-0.3, -0.25) is 9.36 Å². The third-order valence-electron chi connectivity index (χ3n) is 5.71. The predicted molar refractivity (Wildman–Crippen MR) is 136 cm³/mol. The molecule has 7 nitrogen and oxygen atoms in total. The van der Waals surface area contributed by atoms with Crippen LogP contribution in [0.1, 0.15) is 90.2 Å². The number of allylic oxidation sites excluding steroid dienone is 6. The molecule has 1 aliphatic rings. The third kappa shape index (κ3) is 11.5. The first-order valence-corrected chi connectivity index (χ1v) is 12.7. The molecule has 2 unspecified atom stereocenters. The first-order valence-electron chi connectivity index (χ1n) is 12.7. The summed E-state index contributed by atoms with van der Waals surface area (Å²) in [5.41, 5.74) is 5.09. The molecule has 2 N–H and O–H groups in total. The van der Waals surface area contributed by atoms with Gasteiger partial charge in [-0.2, -0.15) is 4.98 Å². The van der Waals surface area contributed by atoms with Crippen LogP contribution in [0.25, 0.3) is 0 Å². The summed E-state index contributed by atoms with van der Waals surface area (Å²) in [4.78, 5) is 27.6. The van der Waals surface area contributed by atoms with Gasteiger partial charge < -0.3 is 15.2 Å². The van der Waals surface area contributed by atoms with Gasteiger partial charge in [0, 0.05) is 12.6 Å². The van der Waals surface area contributed by atoms with Gasteiger partial charge in [0.25, 0.3) is 0 Å². The number of carbonyl (C=O) groups excluding carboxylic acids is 1. The van der Waals surface area contributed by atoms with Crippen molar-refractivity contribution in [3.63, 3.8) is 0 Å². The fraction of sp³-hybridized carbons (Fsp3) is 0.593. The van der Waals surface area contributed by atoms with Crippen LogP contribution in [-0.2, 0) is 14.3 Å². The average Bonchev–Trinajstić information content (AvgIpc) is 3.29. The zero-order valence-electron chi connectivity index (χ0n) is 20.6. The topological polar surface area (TPSA) is 96.4 Å². The van der Waals surface area contributed by atoms with Crippen molar-refractivity contribution in [2.24, 2.45) is 0 Å². The Bertz CT molecular complexity index is 860. The van der Waals surface area contributed by atoms with E-state index in [9.17, 15) is 9.59 Å². The zero-order valence-corrected chi connectivity index (χ0v) is 20.6. The molecule has 7 heteroatoms. The predicted octanol–water partition coefficient (Wildman–Crippen LogP) is 5.64. The summed E-state index contributed by atoms with van der Waals surface area (Å²) < 4.78 is 12.6. The second kappa shape index (κ2) is 16.9. The Balaban J connectivity index is 1.44. The van der Waals surface area contributed by atoms with E-state index in [0.717, 1.165) is 51.4 Å². The number of aromatic nitrogens is 2. The van der Waals surface area contributed by atoms with E-state index in [-0.39, 0.29) is 30.7 Å². The summed E-state index contributed by atoms with van der Waals surface area (Å²) in [6, 6.07) is 1.57. The van der Waals surface area contributed by atoms with Crippen LogP contribution in [0, 0.1) is 0 Å². The van der Waals surface area contributed by atoms with E-state index in [2.05, 4.69) is 48.4 Å². The molecule has 1 aliphatic heterocycles. The molecule has 1 aromatic rings. The average molecular weight is 472 g/mol. The molecule has 0 saturated carbocycles. The van der Waals surface area contributed by atoms with Crippen molar-refractivity contribution in [2.75, 3.05) is 12.3 Å². The van der Waals surface area contributed by atoms with Crippen molar-refractivity contribution < 1.29 is 14.3 Å². The number of unbranched alkanes of at least 4 members (excludes halogenated alkanes) is 5. The summed E-state index contributed by atoms with van der Waals surface area (Å²) in [6.45, 7) is 2.37. The molecular weight excluding hydrogens is 430 g/mol. The summed E-state index contributed by atoms with van der Waals surface area (Å²) in [6.07, 6.45) is 25.8. The highest BCUT2D eigenvalue weighted by atomic mass is 16.6. The number of nitrogens with two attached hydrogens (primary N) is 1. The Kier molecular flexibility index (Phi) is 13.7. The van der Waals surface area contributed by atoms with Crippen molar-refractivity contribution in [1.82, 2.24) is 9.55 Å². The molecule has 2 atom stereocenters. The number of hydrogen-bond donors (Lipinski definition) is 1. The highest BCUT2D eigenvalue weighted by molar-refractivity contribution is 5.69. The zero-order chi connectivity index (χ0) is 24.4. The highest BCUT2D eigenvalue weighted by Gasteiger charge is 2.28. The number of nitrogen functional groups attached to an aromatic ring is 1. The summed E-state index contributed by atoms with van der Waals surface area (Å²) in [5.74, 6) is 0.00997. The Hall–Kier alpha value is -2.67. The van der Waals surface area contributed by atoms with Gasteiger partial charge in [-0.15, -0.1) is 0 Å². The van der Waals surface area contributed by atoms with Crippen LogP contribution in [0.2, 0.25) is 0 Å². The highest BCUT2D eigenvalue weighted by Crippen LogP contribution is 2.27. The van der Waals surface area contributed by atoms with E-state index in [4.69, 9.17) is 15.2 Å². The molecule has 1 saturated heterocycles. The molecule has 2 rings (SSSR count). The normalized spacial score (nSPS) is 18.5. The summed E-state index contributed by atoms with van der Waals surface area (Å²) >= 11 is 0. The lowest BCUT2D eigenvalue weighted by atomic mass is 10.1. The summed E-state index contributed by atoms with van der Waals surface area (Å²) in [5, 5.41) is 0. The first-order chi connectivity index (χ1) is 16.6. The van der Waals surface area contributed by atoms with E-state index in [1.807, 2.05) is 0 Å². The molecule has 0 aliphatic carbocycles. The van der Waals surface area contributed by atoms with Crippen LogP contribution in [0.3, 0.4) is 0 Å². The maximum absolute atomic E-state index is 12.0. The second-order valence-electron chi connectivity index (χ2n) is 8.62. The number of carbonyl (C=O) groups is 1. The Morgan fingerprint density at radius 2 is 1.79 bits per heavy atom. The van der Waals surface area contributed by atoms with E-state index in [1.165, 1.54) is 17.4 Å². The van der Waals surface area contributed by atoms with Crippen LogP contribution < -0.4 is 11.4 Å². The van der Waals surface area contributed by atoms with Crippen LogP contribution in [0.4, 0.5) is 5.82 Å².